The molecular formula is C13H14N4S2. The number of hydrogen-bond donors (Lipinski definition) is 1. The number of nitrogens with zero attached hydrogens (tertiary/aromatic N) is 3. The maximum absolute atomic E-state index is 8.47. The van der Waals surface area contributed by atoms with E-state index < -0.39 is 0 Å². The third kappa shape index (κ3) is 4.89. The molecule has 0 fully saturated rings. The molecule has 1 aromatic carbocycles. The molecule has 0 atom stereocenters. The Morgan fingerprint density at radius 2 is 2.11 bits per heavy atom. The van der Waals surface area contributed by atoms with Crippen LogP contribution in [0.25, 0.3) is 0 Å². The number of hydrogen-bond acceptors (Lipinski definition) is 6. The first-order valence-electron chi connectivity index (χ1n) is 5.99. The summed E-state index contributed by atoms with van der Waals surface area (Å²) in [5, 5.41) is 20.7. The van der Waals surface area contributed by atoms with E-state index in [1.807, 2.05) is 18.2 Å². The van der Waals surface area contributed by atoms with Crippen LogP contribution in [0.5, 0.6) is 0 Å². The maximum atomic E-state index is 8.47. The number of anilines is 1. The van der Waals surface area contributed by atoms with Crippen LogP contribution in [0.2, 0.25) is 0 Å². The molecule has 1 N–H and O–H groups in total. The largest absolute Gasteiger partial charge is 0.360 e. The van der Waals surface area contributed by atoms with Gasteiger partial charge in [-0.15, -0.1) is 10.2 Å². The zero-order chi connectivity index (χ0) is 13.3. The molecule has 0 aliphatic rings. The van der Waals surface area contributed by atoms with Gasteiger partial charge >= 0.3 is 0 Å². The van der Waals surface area contributed by atoms with Crippen LogP contribution in [0.3, 0.4) is 0 Å². The van der Waals surface area contributed by atoms with Gasteiger partial charge in [-0.2, -0.15) is 5.26 Å². The van der Waals surface area contributed by atoms with Crippen molar-refractivity contribution < 1.29 is 0 Å². The summed E-state index contributed by atoms with van der Waals surface area (Å²) in [6, 6.07) is 12.5. The molecule has 0 saturated carbocycles. The lowest BCUT2D eigenvalue weighted by molar-refractivity contribution is 0.972. The van der Waals surface area contributed by atoms with Gasteiger partial charge in [-0.1, -0.05) is 53.4 Å². The summed E-state index contributed by atoms with van der Waals surface area (Å²) in [6.45, 7) is 0.849. The lowest BCUT2D eigenvalue weighted by atomic mass is 10.2. The molecule has 0 aliphatic carbocycles. The fourth-order valence-electron chi connectivity index (χ4n) is 1.48. The van der Waals surface area contributed by atoms with Crippen molar-refractivity contribution in [2.45, 2.75) is 17.2 Å². The van der Waals surface area contributed by atoms with E-state index in [-0.39, 0.29) is 0 Å². The molecule has 1 aromatic heterocycles. The van der Waals surface area contributed by atoms with Crippen molar-refractivity contribution in [1.29, 1.82) is 5.26 Å². The molecule has 0 spiro atoms. The molecule has 2 aromatic rings. The van der Waals surface area contributed by atoms with Gasteiger partial charge in [0.25, 0.3) is 0 Å². The van der Waals surface area contributed by atoms with Crippen molar-refractivity contribution in [1.82, 2.24) is 10.2 Å². The van der Waals surface area contributed by atoms with Crippen molar-refractivity contribution >= 4 is 28.2 Å². The first kappa shape index (κ1) is 13.8. The highest BCUT2D eigenvalue weighted by molar-refractivity contribution is 8.01. The first-order valence-corrected chi connectivity index (χ1v) is 7.80. The van der Waals surface area contributed by atoms with E-state index in [9.17, 15) is 0 Å². The van der Waals surface area contributed by atoms with Crippen molar-refractivity contribution in [3.63, 3.8) is 0 Å². The lowest BCUT2D eigenvalue weighted by Crippen LogP contribution is -2.04. The van der Waals surface area contributed by atoms with Crippen LogP contribution in [-0.4, -0.2) is 22.5 Å². The summed E-state index contributed by atoms with van der Waals surface area (Å²) in [7, 11) is 0. The highest BCUT2D eigenvalue weighted by Crippen LogP contribution is 2.25. The number of aromatic nitrogens is 2. The first-order chi connectivity index (χ1) is 9.38. The van der Waals surface area contributed by atoms with Crippen molar-refractivity contribution in [3.05, 3.63) is 35.9 Å². The van der Waals surface area contributed by atoms with Crippen LogP contribution < -0.4 is 5.32 Å². The smallest absolute Gasteiger partial charge is 0.206 e. The zero-order valence-corrected chi connectivity index (χ0v) is 12.0. The molecule has 4 nitrogen and oxygen atoms in total. The zero-order valence-electron chi connectivity index (χ0n) is 10.4. The summed E-state index contributed by atoms with van der Waals surface area (Å²) < 4.78 is 0.914. The summed E-state index contributed by atoms with van der Waals surface area (Å²) in [5.74, 6) is 0.773. The normalized spacial score (nSPS) is 10.1. The Morgan fingerprint density at radius 1 is 1.26 bits per heavy atom. The second-order valence-electron chi connectivity index (χ2n) is 3.79. The predicted molar refractivity (Wildman–Crippen MR) is 79.5 cm³/mol. The minimum absolute atomic E-state index is 0.543. The van der Waals surface area contributed by atoms with Gasteiger partial charge in [0.2, 0.25) is 5.13 Å². The van der Waals surface area contributed by atoms with Gasteiger partial charge in [-0.3, -0.25) is 0 Å². The third-order valence-corrected chi connectivity index (χ3v) is 4.39. The third-order valence-electron chi connectivity index (χ3n) is 2.38. The molecular weight excluding hydrogens is 276 g/mol. The van der Waals surface area contributed by atoms with Crippen molar-refractivity contribution in [2.24, 2.45) is 0 Å². The summed E-state index contributed by atoms with van der Waals surface area (Å²) in [6.07, 6.45) is 1.51. The van der Waals surface area contributed by atoms with Crippen LogP contribution >= 0.6 is 23.1 Å². The average Bonchev–Trinajstić information content (AvgIpc) is 2.88. The number of benzene rings is 1. The maximum Gasteiger partial charge on any atom is 0.206 e. The van der Waals surface area contributed by atoms with Gasteiger partial charge in [0, 0.05) is 18.7 Å². The Labute approximate surface area is 120 Å². The molecule has 1 heterocycles. The SMILES string of the molecule is N#CCCSc1nnc(NCCc2ccccc2)s1. The fourth-order valence-corrected chi connectivity index (χ4v) is 3.17. The molecule has 19 heavy (non-hydrogen) atoms. The van der Waals surface area contributed by atoms with Crippen LogP contribution in [-0.2, 0) is 6.42 Å². The quantitative estimate of drug-likeness (QED) is 0.627. The summed E-state index contributed by atoms with van der Waals surface area (Å²) in [4.78, 5) is 0. The molecule has 0 aliphatic heterocycles. The molecule has 0 amide bonds. The standard InChI is InChI=1S/C13H14N4S2/c14-8-4-10-18-13-17-16-12(19-13)15-9-7-11-5-2-1-3-6-11/h1-3,5-6H,4,7,9-10H2,(H,15,16). The number of rotatable bonds is 7. The van der Waals surface area contributed by atoms with E-state index >= 15 is 0 Å². The molecule has 98 valence electrons. The molecule has 0 bridgehead atoms. The van der Waals surface area contributed by atoms with Gasteiger partial charge in [-0.25, -0.2) is 0 Å². The highest BCUT2D eigenvalue weighted by atomic mass is 32.2. The predicted octanol–water partition coefficient (Wildman–Crippen LogP) is 3.20. The highest BCUT2D eigenvalue weighted by Gasteiger charge is 2.03. The van der Waals surface area contributed by atoms with E-state index in [0.29, 0.717) is 6.42 Å². The topological polar surface area (TPSA) is 61.6 Å². The van der Waals surface area contributed by atoms with Gasteiger partial charge in [0.15, 0.2) is 4.34 Å². The fraction of sp³-hybridized carbons (Fsp3) is 0.308. The van der Waals surface area contributed by atoms with Gasteiger partial charge in [0.1, 0.15) is 0 Å². The Balaban J connectivity index is 1.73. The Morgan fingerprint density at radius 3 is 2.89 bits per heavy atom. The molecule has 6 heteroatoms. The van der Waals surface area contributed by atoms with Crippen LogP contribution in [0.4, 0.5) is 5.13 Å². The van der Waals surface area contributed by atoms with E-state index in [4.69, 9.17) is 5.26 Å². The van der Waals surface area contributed by atoms with Crippen LogP contribution in [0.15, 0.2) is 34.7 Å². The minimum Gasteiger partial charge on any atom is -0.360 e. The van der Waals surface area contributed by atoms with Crippen LogP contribution in [0, 0.1) is 11.3 Å². The van der Waals surface area contributed by atoms with E-state index in [1.54, 1.807) is 11.8 Å². The van der Waals surface area contributed by atoms with E-state index in [1.165, 1.54) is 16.9 Å². The van der Waals surface area contributed by atoms with Crippen LogP contribution in [0.1, 0.15) is 12.0 Å². The van der Waals surface area contributed by atoms with E-state index in [2.05, 4.69) is 33.7 Å². The average molecular weight is 290 g/mol. The summed E-state index contributed by atoms with van der Waals surface area (Å²) in [5.41, 5.74) is 1.31. The van der Waals surface area contributed by atoms with Gasteiger partial charge in [-0.05, 0) is 12.0 Å². The van der Waals surface area contributed by atoms with E-state index in [0.717, 1.165) is 28.2 Å². The monoisotopic (exact) mass is 290 g/mol. The van der Waals surface area contributed by atoms with Gasteiger partial charge in [0.05, 0.1) is 6.07 Å². The Kier molecular flexibility index (Phi) is 5.66. The van der Waals surface area contributed by atoms with Gasteiger partial charge < -0.3 is 5.32 Å². The lowest BCUT2D eigenvalue weighted by Gasteiger charge is -2.01. The number of nitriles is 1. The Hall–Kier alpha value is -1.58. The summed E-state index contributed by atoms with van der Waals surface area (Å²) >= 11 is 3.12. The second kappa shape index (κ2) is 7.77. The van der Waals surface area contributed by atoms with Crippen molar-refractivity contribution in [2.75, 3.05) is 17.6 Å². The molecule has 2 rings (SSSR count). The number of nitrogens with one attached hydrogen (secondary N) is 1. The minimum atomic E-state index is 0.543. The van der Waals surface area contributed by atoms with Crippen molar-refractivity contribution in [3.8, 4) is 6.07 Å². The number of thioether (sulfide) groups is 1. The second-order valence-corrected chi connectivity index (χ2v) is 6.11. The molecule has 0 unspecified atom stereocenters. The Bertz CT molecular complexity index is 533. The molecule has 0 radical (unpaired) electrons. The molecule has 0 saturated heterocycles.